The fourth-order valence-electron chi connectivity index (χ4n) is 3.76. The van der Waals surface area contributed by atoms with Crippen LogP contribution in [0.2, 0.25) is 0 Å². The average molecular weight is 282 g/mol. The highest BCUT2D eigenvalue weighted by Gasteiger charge is 2.40. The lowest BCUT2D eigenvalue weighted by Crippen LogP contribution is -2.38. The van der Waals surface area contributed by atoms with Gasteiger partial charge in [-0.05, 0) is 61.8 Å². The van der Waals surface area contributed by atoms with Gasteiger partial charge in [0.2, 0.25) is 0 Å². The number of benzene rings is 1. The summed E-state index contributed by atoms with van der Waals surface area (Å²) in [5.41, 5.74) is 8.08. The molecular formula is C18H22N2O. The molecule has 0 heterocycles. The van der Waals surface area contributed by atoms with E-state index in [4.69, 9.17) is 5.73 Å². The van der Waals surface area contributed by atoms with Gasteiger partial charge in [0, 0.05) is 17.2 Å². The molecule has 3 nitrogen and oxygen atoms in total. The van der Waals surface area contributed by atoms with Crippen molar-refractivity contribution in [2.45, 2.75) is 38.6 Å². The van der Waals surface area contributed by atoms with Gasteiger partial charge in [-0.25, -0.2) is 0 Å². The molecule has 2 aliphatic carbocycles. The van der Waals surface area contributed by atoms with Crippen LogP contribution in [-0.4, -0.2) is 18.5 Å². The first-order valence-corrected chi connectivity index (χ1v) is 7.78. The van der Waals surface area contributed by atoms with E-state index in [-0.39, 0.29) is 5.91 Å². The third-order valence-electron chi connectivity index (χ3n) is 4.87. The monoisotopic (exact) mass is 282 g/mol. The smallest absolute Gasteiger partial charge is 0.251 e. The minimum absolute atomic E-state index is 0.0500. The molecule has 0 aliphatic heterocycles. The maximum atomic E-state index is 12.4. The minimum atomic E-state index is 0.0500. The van der Waals surface area contributed by atoms with Crippen molar-refractivity contribution in [2.24, 2.45) is 17.6 Å². The number of nitrogens with two attached hydrogens (primary N) is 1. The third kappa shape index (κ3) is 2.96. The van der Waals surface area contributed by atoms with E-state index in [2.05, 4.69) is 17.2 Å². The molecule has 3 atom stereocenters. The van der Waals surface area contributed by atoms with Crippen LogP contribution in [0.25, 0.3) is 0 Å². The van der Waals surface area contributed by atoms with Crippen molar-refractivity contribution < 1.29 is 4.79 Å². The molecule has 0 spiro atoms. The van der Waals surface area contributed by atoms with Crippen LogP contribution in [0.15, 0.2) is 18.2 Å². The quantitative estimate of drug-likeness (QED) is 0.817. The summed E-state index contributed by atoms with van der Waals surface area (Å²) in [6.45, 7) is 2.33. The van der Waals surface area contributed by atoms with Gasteiger partial charge in [0.1, 0.15) is 0 Å². The van der Waals surface area contributed by atoms with Gasteiger partial charge >= 0.3 is 0 Å². The van der Waals surface area contributed by atoms with Crippen LogP contribution >= 0.6 is 0 Å². The topological polar surface area (TPSA) is 55.1 Å². The number of amides is 1. The molecule has 1 aromatic rings. The van der Waals surface area contributed by atoms with E-state index in [1.807, 2.05) is 25.1 Å². The first-order chi connectivity index (χ1) is 10.2. The van der Waals surface area contributed by atoms with Gasteiger partial charge in [-0.15, -0.1) is 0 Å². The van der Waals surface area contributed by atoms with Crippen LogP contribution in [0.4, 0.5) is 0 Å². The number of fused-ring (bicyclic) bond motifs is 2. The second-order valence-corrected chi connectivity index (χ2v) is 6.29. The van der Waals surface area contributed by atoms with Gasteiger partial charge in [-0.1, -0.05) is 18.3 Å². The number of nitrogens with one attached hydrogen (secondary N) is 1. The normalized spacial score (nSPS) is 26.3. The predicted molar refractivity (Wildman–Crippen MR) is 83.8 cm³/mol. The summed E-state index contributed by atoms with van der Waals surface area (Å²) in [6.07, 6.45) is 5.10. The van der Waals surface area contributed by atoms with Gasteiger partial charge in [-0.3, -0.25) is 4.79 Å². The molecule has 2 fully saturated rings. The molecule has 3 heteroatoms. The Labute approximate surface area is 126 Å². The Hall–Kier alpha value is -1.79. The molecule has 3 unspecified atom stereocenters. The molecular weight excluding hydrogens is 260 g/mol. The zero-order valence-electron chi connectivity index (χ0n) is 12.5. The largest absolute Gasteiger partial charge is 0.349 e. The van der Waals surface area contributed by atoms with Crippen molar-refractivity contribution in [1.82, 2.24) is 5.32 Å². The van der Waals surface area contributed by atoms with E-state index in [9.17, 15) is 4.79 Å². The van der Waals surface area contributed by atoms with Crippen LogP contribution in [-0.2, 0) is 0 Å². The molecule has 3 N–H and O–H groups in total. The molecule has 0 aromatic heterocycles. The highest BCUT2D eigenvalue weighted by molar-refractivity contribution is 5.94. The van der Waals surface area contributed by atoms with Gasteiger partial charge in [0.15, 0.2) is 0 Å². The highest BCUT2D eigenvalue weighted by Crippen LogP contribution is 2.44. The Morgan fingerprint density at radius 3 is 2.86 bits per heavy atom. The van der Waals surface area contributed by atoms with Gasteiger partial charge in [0.25, 0.3) is 5.91 Å². The van der Waals surface area contributed by atoms with Crippen LogP contribution in [0, 0.1) is 30.6 Å². The fraction of sp³-hybridized carbons (Fsp3) is 0.500. The third-order valence-corrected chi connectivity index (χ3v) is 4.87. The lowest BCUT2D eigenvalue weighted by Gasteiger charge is -2.23. The maximum absolute atomic E-state index is 12.4. The lowest BCUT2D eigenvalue weighted by atomic mass is 9.95. The van der Waals surface area contributed by atoms with Crippen molar-refractivity contribution in [3.05, 3.63) is 34.9 Å². The number of hydrogen-bond donors (Lipinski definition) is 2. The zero-order chi connectivity index (χ0) is 14.8. The predicted octanol–water partition coefficient (Wildman–Crippen LogP) is 2.22. The Bertz CT molecular complexity index is 611. The molecule has 2 bridgehead atoms. The Kier molecular flexibility index (Phi) is 3.98. The fourth-order valence-corrected chi connectivity index (χ4v) is 3.76. The standard InChI is InChI=1S/C18H22N2O/c1-12-9-16(7-6-14(12)3-2-8-19)18(21)20-17-11-13-4-5-15(17)10-13/h6-7,9,13,15,17H,4-5,8,10-11,19H2,1H3,(H,20,21). The summed E-state index contributed by atoms with van der Waals surface area (Å²) in [6, 6.07) is 6.07. The Balaban J connectivity index is 1.69. The SMILES string of the molecule is Cc1cc(C(=O)NC2CC3CCC2C3)ccc1C#CCN. The summed E-state index contributed by atoms with van der Waals surface area (Å²) in [7, 11) is 0. The molecule has 110 valence electrons. The number of hydrogen-bond acceptors (Lipinski definition) is 2. The summed E-state index contributed by atoms with van der Waals surface area (Å²) < 4.78 is 0. The van der Waals surface area contributed by atoms with Crippen LogP contribution in [0.5, 0.6) is 0 Å². The molecule has 1 amide bonds. The lowest BCUT2D eigenvalue weighted by molar-refractivity contribution is 0.0923. The molecule has 2 saturated carbocycles. The molecule has 0 radical (unpaired) electrons. The molecule has 21 heavy (non-hydrogen) atoms. The van der Waals surface area contributed by atoms with E-state index in [1.165, 1.54) is 19.3 Å². The summed E-state index contributed by atoms with van der Waals surface area (Å²) in [4.78, 5) is 12.4. The number of carbonyl (C=O) groups is 1. The second kappa shape index (κ2) is 5.91. The average Bonchev–Trinajstić information content (AvgIpc) is 3.08. The summed E-state index contributed by atoms with van der Waals surface area (Å²) in [5, 5.41) is 3.22. The highest BCUT2D eigenvalue weighted by atomic mass is 16.1. The Morgan fingerprint density at radius 2 is 2.24 bits per heavy atom. The van der Waals surface area contributed by atoms with Crippen molar-refractivity contribution >= 4 is 5.91 Å². The minimum Gasteiger partial charge on any atom is -0.349 e. The van der Waals surface area contributed by atoms with Crippen molar-refractivity contribution in [3.8, 4) is 11.8 Å². The van der Waals surface area contributed by atoms with E-state index in [0.717, 1.165) is 29.0 Å². The molecule has 3 rings (SSSR count). The Morgan fingerprint density at radius 1 is 1.38 bits per heavy atom. The number of rotatable bonds is 2. The van der Waals surface area contributed by atoms with Crippen molar-refractivity contribution in [1.29, 1.82) is 0 Å². The van der Waals surface area contributed by atoms with E-state index < -0.39 is 0 Å². The van der Waals surface area contributed by atoms with Crippen molar-refractivity contribution in [2.75, 3.05) is 6.54 Å². The van der Waals surface area contributed by atoms with Gasteiger partial charge in [-0.2, -0.15) is 0 Å². The van der Waals surface area contributed by atoms with Crippen molar-refractivity contribution in [3.63, 3.8) is 0 Å². The molecule has 0 saturated heterocycles. The van der Waals surface area contributed by atoms with E-state index >= 15 is 0 Å². The molecule has 2 aliphatic rings. The number of carbonyl (C=O) groups excluding carboxylic acids is 1. The van der Waals surface area contributed by atoms with Gasteiger partial charge < -0.3 is 11.1 Å². The van der Waals surface area contributed by atoms with Crippen LogP contribution in [0.3, 0.4) is 0 Å². The van der Waals surface area contributed by atoms with Gasteiger partial charge in [0.05, 0.1) is 6.54 Å². The maximum Gasteiger partial charge on any atom is 0.251 e. The summed E-state index contributed by atoms with van der Waals surface area (Å²) >= 11 is 0. The first-order valence-electron chi connectivity index (χ1n) is 7.78. The summed E-state index contributed by atoms with van der Waals surface area (Å²) in [5.74, 6) is 7.47. The van der Waals surface area contributed by atoms with E-state index in [0.29, 0.717) is 18.5 Å². The first kappa shape index (κ1) is 14.2. The second-order valence-electron chi connectivity index (χ2n) is 6.29. The zero-order valence-corrected chi connectivity index (χ0v) is 12.5. The molecule has 1 aromatic carbocycles. The number of aryl methyl sites for hydroxylation is 1. The van der Waals surface area contributed by atoms with E-state index in [1.54, 1.807) is 0 Å². The van der Waals surface area contributed by atoms with Crippen LogP contribution in [0.1, 0.15) is 47.2 Å². The van der Waals surface area contributed by atoms with Crippen LogP contribution < -0.4 is 11.1 Å².